The predicted molar refractivity (Wildman–Crippen MR) is 77.3 cm³/mol. The first-order valence-electron chi connectivity index (χ1n) is 6.81. The van der Waals surface area contributed by atoms with Crippen LogP contribution in [0.2, 0.25) is 0 Å². The summed E-state index contributed by atoms with van der Waals surface area (Å²) in [6, 6.07) is 5.27. The molecule has 3 rings (SSSR count). The highest BCUT2D eigenvalue weighted by atomic mass is 16.5. The van der Waals surface area contributed by atoms with Gasteiger partial charge in [-0.05, 0) is 31.0 Å². The number of carbonyl (C=O) groups excluding carboxylic acids is 2. The number of ether oxygens (including phenoxy) is 1. The number of anilines is 1. The summed E-state index contributed by atoms with van der Waals surface area (Å²) in [6.45, 7) is 1.63. The van der Waals surface area contributed by atoms with Crippen LogP contribution in [0.15, 0.2) is 18.2 Å². The van der Waals surface area contributed by atoms with Crippen LogP contribution in [0.25, 0.3) is 11.0 Å². The Bertz CT molecular complexity index is 689. The van der Waals surface area contributed by atoms with Crippen molar-refractivity contribution in [3.8, 4) is 0 Å². The van der Waals surface area contributed by atoms with Gasteiger partial charge in [-0.1, -0.05) is 0 Å². The number of nitrogens with zero attached hydrogens (tertiary/aromatic N) is 2. The van der Waals surface area contributed by atoms with Gasteiger partial charge in [-0.2, -0.15) is 0 Å². The van der Waals surface area contributed by atoms with Crippen molar-refractivity contribution in [1.29, 1.82) is 0 Å². The minimum Gasteiger partial charge on any atom is -0.453 e. The second-order valence-electron chi connectivity index (χ2n) is 4.93. The number of H-pyrrole nitrogens is 1. The van der Waals surface area contributed by atoms with Crippen LogP contribution >= 0.6 is 0 Å². The second-order valence-corrected chi connectivity index (χ2v) is 4.93. The van der Waals surface area contributed by atoms with Crippen molar-refractivity contribution in [2.24, 2.45) is 0 Å². The van der Waals surface area contributed by atoms with Gasteiger partial charge in [-0.25, -0.2) is 9.78 Å². The lowest BCUT2D eigenvalue weighted by molar-refractivity contribution is 0.0793. The average molecular weight is 288 g/mol. The van der Waals surface area contributed by atoms with E-state index in [0.29, 0.717) is 22.5 Å². The smallest absolute Gasteiger partial charge is 0.413 e. The van der Waals surface area contributed by atoms with E-state index in [-0.39, 0.29) is 5.91 Å². The Balaban J connectivity index is 1.85. The first kappa shape index (κ1) is 13.4. The molecule has 2 amide bonds. The molecular formula is C14H16N4O3. The molecule has 0 unspecified atom stereocenters. The summed E-state index contributed by atoms with van der Waals surface area (Å²) in [7, 11) is 1.28. The molecule has 1 aliphatic rings. The molecule has 1 saturated heterocycles. The molecule has 0 atom stereocenters. The maximum atomic E-state index is 12.3. The van der Waals surface area contributed by atoms with Crippen LogP contribution in [0.5, 0.6) is 0 Å². The fourth-order valence-corrected chi connectivity index (χ4v) is 2.45. The van der Waals surface area contributed by atoms with E-state index in [1.807, 2.05) is 4.90 Å². The molecule has 1 fully saturated rings. The number of carbonyl (C=O) groups is 2. The van der Waals surface area contributed by atoms with E-state index in [2.05, 4.69) is 20.0 Å². The van der Waals surface area contributed by atoms with Crippen LogP contribution in [0, 0.1) is 0 Å². The maximum Gasteiger partial charge on any atom is 0.413 e. The fourth-order valence-electron chi connectivity index (χ4n) is 2.45. The Hall–Kier alpha value is -2.57. The van der Waals surface area contributed by atoms with Gasteiger partial charge >= 0.3 is 6.09 Å². The number of nitrogens with one attached hydrogen (secondary N) is 2. The minimum absolute atomic E-state index is 0.0338. The number of hydrogen-bond acceptors (Lipinski definition) is 4. The zero-order chi connectivity index (χ0) is 14.8. The maximum absolute atomic E-state index is 12.3. The number of amides is 2. The topological polar surface area (TPSA) is 87.3 Å². The van der Waals surface area contributed by atoms with Crippen molar-refractivity contribution in [2.75, 3.05) is 25.5 Å². The number of likely N-dealkylation sites (tertiary alicyclic amines) is 1. The molecule has 2 heterocycles. The normalized spacial score (nSPS) is 14.4. The van der Waals surface area contributed by atoms with Gasteiger partial charge in [-0.3, -0.25) is 10.1 Å². The Morgan fingerprint density at radius 1 is 1.33 bits per heavy atom. The molecular weight excluding hydrogens is 272 g/mol. The van der Waals surface area contributed by atoms with Crippen molar-refractivity contribution in [3.05, 3.63) is 23.8 Å². The monoisotopic (exact) mass is 288 g/mol. The molecule has 0 saturated carbocycles. The van der Waals surface area contributed by atoms with Gasteiger partial charge in [0, 0.05) is 18.7 Å². The Labute approximate surface area is 121 Å². The van der Waals surface area contributed by atoms with Gasteiger partial charge in [0.1, 0.15) is 0 Å². The zero-order valence-electron chi connectivity index (χ0n) is 11.7. The molecule has 2 N–H and O–H groups in total. The van der Waals surface area contributed by atoms with E-state index < -0.39 is 6.09 Å². The Morgan fingerprint density at radius 2 is 2.10 bits per heavy atom. The lowest BCUT2D eigenvalue weighted by atomic mass is 10.2. The molecule has 7 heteroatoms. The summed E-state index contributed by atoms with van der Waals surface area (Å²) in [5, 5.41) is 2.46. The third-order valence-corrected chi connectivity index (χ3v) is 3.53. The average Bonchev–Trinajstić information content (AvgIpc) is 3.14. The molecule has 110 valence electrons. The van der Waals surface area contributed by atoms with Crippen molar-refractivity contribution in [3.63, 3.8) is 0 Å². The number of aromatic nitrogens is 2. The lowest BCUT2D eigenvalue weighted by Gasteiger charge is -2.14. The first-order chi connectivity index (χ1) is 10.2. The Kier molecular flexibility index (Phi) is 3.47. The van der Waals surface area contributed by atoms with Gasteiger partial charge < -0.3 is 14.6 Å². The number of methoxy groups -OCH3 is 1. The molecule has 1 aromatic heterocycles. The predicted octanol–water partition coefficient (Wildman–Crippen LogP) is 1.98. The van der Waals surface area contributed by atoms with Crippen molar-refractivity contribution >= 4 is 29.0 Å². The largest absolute Gasteiger partial charge is 0.453 e. The van der Waals surface area contributed by atoms with E-state index in [9.17, 15) is 9.59 Å². The van der Waals surface area contributed by atoms with Crippen molar-refractivity contribution < 1.29 is 14.3 Å². The highest BCUT2D eigenvalue weighted by Gasteiger charge is 2.20. The number of imidazole rings is 1. The van der Waals surface area contributed by atoms with Gasteiger partial charge in [0.25, 0.3) is 5.91 Å². The quantitative estimate of drug-likeness (QED) is 0.884. The molecule has 0 bridgehead atoms. The van der Waals surface area contributed by atoms with E-state index in [1.165, 1.54) is 7.11 Å². The molecule has 1 aromatic carbocycles. The van der Waals surface area contributed by atoms with Crippen LogP contribution in [-0.4, -0.2) is 47.1 Å². The molecule has 7 nitrogen and oxygen atoms in total. The van der Waals surface area contributed by atoms with Crippen LogP contribution in [0.3, 0.4) is 0 Å². The summed E-state index contributed by atoms with van der Waals surface area (Å²) in [5.74, 6) is 0.328. The molecule has 0 radical (unpaired) electrons. The van der Waals surface area contributed by atoms with E-state index in [4.69, 9.17) is 0 Å². The highest BCUT2D eigenvalue weighted by Crippen LogP contribution is 2.19. The SMILES string of the molecule is COC(=O)Nc1nc2ccc(C(=O)N3CCCC3)cc2[nH]1. The summed E-state index contributed by atoms with van der Waals surface area (Å²) >= 11 is 0. The number of rotatable bonds is 2. The summed E-state index contributed by atoms with van der Waals surface area (Å²) in [4.78, 5) is 32.5. The number of hydrogen-bond donors (Lipinski definition) is 2. The fraction of sp³-hybridized carbons (Fsp3) is 0.357. The van der Waals surface area contributed by atoms with Crippen molar-refractivity contribution in [2.45, 2.75) is 12.8 Å². The summed E-state index contributed by atoms with van der Waals surface area (Å²) in [5.41, 5.74) is 2.00. The summed E-state index contributed by atoms with van der Waals surface area (Å²) in [6.07, 6.45) is 1.53. The van der Waals surface area contributed by atoms with E-state index in [0.717, 1.165) is 25.9 Å². The highest BCUT2D eigenvalue weighted by molar-refractivity contribution is 5.98. The molecule has 0 aliphatic carbocycles. The zero-order valence-corrected chi connectivity index (χ0v) is 11.7. The van der Waals surface area contributed by atoms with Gasteiger partial charge in [-0.15, -0.1) is 0 Å². The van der Waals surface area contributed by atoms with Crippen LogP contribution in [0.4, 0.5) is 10.7 Å². The van der Waals surface area contributed by atoms with Gasteiger partial charge in [0.05, 0.1) is 18.1 Å². The minimum atomic E-state index is -0.595. The van der Waals surface area contributed by atoms with Crippen LogP contribution in [-0.2, 0) is 4.74 Å². The van der Waals surface area contributed by atoms with E-state index >= 15 is 0 Å². The second kappa shape index (κ2) is 5.43. The molecule has 1 aliphatic heterocycles. The first-order valence-corrected chi connectivity index (χ1v) is 6.81. The molecule has 21 heavy (non-hydrogen) atoms. The number of benzene rings is 1. The van der Waals surface area contributed by atoms with Crippen LogP contribution < -0.4 is 5.32 Å². The number of fused-ring (bicyclic) bond motifs is 1. The van der Waals surface area contributed by atoms with E-state index in [1.54, 1.807) is 18.2 Å². The standard InChI is InChI=1S/C14H16N4O3/c1-21-14(20)17-13-15-10-5-4-9(8-11(10)16-13)12(19)18-6-2-3-7-18/h4-5,8H,2-3,6-7H2,1H3,(H2,15,16,17,20). The van der Waals surface area contributed by atoms with Crippen LogP contribution in [0.1, 0.15) is 23.2 Å². The van der Waals surface area contributed by atoms with Crippen molar-refractivity contribution in [1.82, 2.24) is 14.9 Å². The molecule has 0 spiro atoms. The number of aromatic amines is 1. The lowest BCUT2D eigenvalue weighted by Crippen LogP contribution is -2.27. The Morgan fingerprint density at radius 3 is 2.81 bits per heavy atom. The third-order valence-electron chi connectivity index (χ3n) is 3.53. The molecule has 2 aromatic rings. The summed E-state index contributed by atoms with van der Waals surface area (Å²) < 4.78 is 4.51. The third kappa shape index (κ3) is 2.67. The van der Waals surface area contributed by atoms with Gasteiger partial charge in [0.15, 0.2) is 0 Å². The van der Waals surface area contributed by atoms with Gasteiger partial charge in [0.2, 0.25) is 5.95 Å².